The fraction of sp³-hybridized carbons (Fsp3) is 0.176. The Kier molecular flexibility index (Phi) is 2.55. The largest absolute Gasteiger partial charge is 0.0581 e. The molecule has 0 heterocycles. The van der Waals surface area contributed by atoms with E-state index >= 15 is 0 Å². The third kappa shape index (κ3) is 1.56. The zero-order chi connectivity index (χ0) is 13.1. The number of hydrogen-bond donors (Lipinski definition) is 0. The van der Waals surface area contributed by atoms with Crippen molar-refractivity contribution in [1.29, 1.82) is 0 Å². The van der Waals surface area contributed by atoms with E-state index in [2.05, 4.69) is 75.2 Å². The molecule has 0 nitrogen and oxygen atoms in total. The molecule has 3 aromatic rings. The summed E-state index contributed by atoms with van der Waals surface area (Å²) in [7, 11) is 0. The van der Waals surface area contributed by atoms with Crippen LogP contribution in [0.2, 0.25) is 0 Å². The molecule has 0 spiro atoms. The summed E-state index contributed by atoms with van der Waals surface area (Å²) >= 11 is 7.42. The van der Waals surface area contributed by atoms with Crippen LogP contribution in [0.5, 0.6) is 0 Å². The molecule has 2 heteroatoms. The maximum Gasteiger partial charge on any atom is 0.0254 e. The van der Waals surface area contributed by atoms with Gasteiger partial charge in [0.25, 0.3) is 0 Å². The van der Waals surface area contributed by atoms with Crippen LogP contribution in [0, 0.1) is 0 Å². The summed E-state index contributed by atoms with van der Waals surface area (Å²) in [4.78, 5) is 0. The van der Waals surface area contributed by atoms with E-state index < -0.39 is 0 Å². The highest BCUT2D eigenvalue weighted by Crippen LogP contribution is 2.44. The average molecular weight is 376 g/mol. The zero-order valence-electron chi connectivity index (χ0n) is 10.5. The summed E-state index contributed by atoms with van der Waals surface area (Å²) in [5, 5.41) is 5.54. The van der Waals surface area contributed by atoms with E-state index in [9.17, 15) is 0 Å². The van der Waals surface area contributed by atoms with E-state index in [4.69, 9.17) is 0 Å². The van der Waals surface area contributed by atoms with Crippen molar-refractivity contribution in [3.8, 4) is 0 Å². The molecule has 19 heavy (non-hydrogen) atoms. The smallest absolute Gasteiger partial charge is 0.0254 e. The van der Waals surface area contributed by atoms with Gasteiger partial charge in [0, 0.05) is 8.95 Å². The molecule has 3 aromatic carbocycles. The van der Waals surface area contributed by atoms with Gasteiger partial charge in [0.1, 0.15) is 0 Å². The van der Waals surface area contributed by atoms with Crippen molar-refractivity contribution in [2.75, 3.05) is 0 Å². The van der Waals surface area contributed by atoms with E-state index in [1.165, 1.54) is 41.6 Å². The first-order valence-corrected chi connectivity index (χ1v) is 8.07. The molecule has 4 rings (SSSR count). The van der Waals surface area contributed by atoms with Crippen LogP contribution in [0.4, 0.5) is 0 Å². The Balaban J connectivity index is 2.37. The number of halogens is 2. The van der Waals surface area contributed by atoms with Crippen molar-refractivity contribution in [2.24, 2.45) is 0 Å². The highest BCUT2D eigenvalue weighted by Gasteiger charge is 2.22. The zero-order valence-corrected chi connectivity index (χ0v) is 13.7. The van der Waals surface area contributed by atoms with Crippen LogP contribution in [-0.2, 0) is 6.42 Å². The standard InChI is InChI=1S/C17H12Br2/c1-9-8-13-15(19)6-3-10-2-4-12-14(18)7-5-11(9)17(12)16(10)13/h2-7,9H,8H2,1H3. The minimum Gasteiger partial charge on any atom is -0.0581 e. The first kappa shape index (κ1) is 11.9. The summed E-state index contributed by atoms with van der Waals surface area (Å²) < 4.78 is 2.43. The quantitative estimate of drug-likeness (QED) is 0.411. The summed E-state index contributed by atoms with van der Waals surface area (Å²) in [6.45, 7) is 2.32. The monoisotopic (exact) mass is 374 g/mol. The van der Waals surface area contributed by atoms with Crippen LogP contribution in [-0.4, -0.2) is 0 Å². The molecule has 0 N–H and O–H groups in total. The van der Waals surface area contributed by atoms with Crippen LogP contribution in [0.15, 0.2) is 45.3 Å². The molecule has 0 saturated heterocycles. The molecule has 1 aliphatic carbocycles. The second-order valence-electron chi connectivity index (χ2n) is 5.35. The van der Waals surface area contributed by atoms with Crippen LogP contribution < -0.4 is 0 Å². The number of hydrogen-bond acceptors (Lipinski definition) is 0. The molecule has 1 atom stereocenters. The van der Waals surface area contributed by atoms with Crippen molar-refractivity contribution in [1.82, 2.24) is 0 Å². The summed E-state index contributed by atoms with van der Waals surface area (Å²) in [6, 6.07) is 13.3. The fourth-order valence-electron chi connectivity index (χ4n) is 3.33. The van der Waals surface area contributed by atoms with Gasteiger partial charge in [0.15, 0.2) is 0 Å². The average Bonchev–Trinajstić information content (AvgIpc) is 2.41. The van der Waals surface area contributed by atoms with Crippen molar-refractivity contribution in [3.63, 3.8) is 0 Å². The highest BCUT2D eigenvalue weighted by atomic mass is 79.9. The lowest BCUT2D eigenvalue weighted by atomic mass is 9.81. The molecule has 94 valence electrons. The van der Waals surface area contributed by atoms with Gasteiger partial charge in [-0.25, -0.2) is 0 Å². The fourth-order valence-corrected chi connectivity index (χ4v) is 4.28. The van der Waals surface area contributed by atoms with Gasteiger partial charge >= 0.3 is 0 Å². The van der Waals surface area contributed by atoms with Gasteiger partial charge in [0.2, 0.25) is 0 Å². The van der Waals surface area contributed by atoms with Gasteiger partial charge in [-0.2, -0.15) is 0 Å². The Labute approximate surface area is 129 Å². The molecular formula is C17H12Br2. The molecule has 0 fully saturated rings. The van der Waals surface area contributed by atoms with Crippen LogP contribution in [0.1, 0.15) is 24.0 Å². The van der Waals surface area contributed by atoms with Gasteiger partial charge in [-0.15, -0.1) is 0 Å². The van der Waals surface area contributed by atoms with Crippen LogP contribution >= 0.6 is 31.9 Å². The molecule has 0 radical (unpaired) electrons. The van der Waals surface area contributed by atoms with E-state index in [0.717, 1.165) is 6.42 Å². The molecule has 0 bridgehead atoms. The Morgan fingerprint density at radius 1 is 0.895 bits per heavy atom. The van der Waals surface area contributed by atoms with Crippen molar-refractivity contribution in [3.05, 3.63) is 56.5 Å². The summed E-state index contributed by atoms with van der Waals surface area (Å²) in [5.74, 6) is 0.576. The summed E-state index contributed by atoms with van der Waals surface area (Å²) in [6.07, 6.45) is 1.12. The molecule has 1 aliphatic rings. The van der Waals surface area contributed by atoms with Crippen molar-refractivity contribution >= 4 is 53.4 Å². The van der Waals surface area contributed by atoms with E-state index in [0.29, 0.717) is 5.92 Å². The second kappa shape index (κ2) is 4.07. The molecule has 0 amide bonds. The van der Waals surface area contributed by atoms with E-state index in [1.807, 2.05) is 0 Å². The van der Waals surface area contributed by atoms with Crippen LogP contribution in [0.25, 0.3) is 21.5 Å². The van der Waals surface area contributed by atoms with Crippen molar-refractivity contribution < 1.29 is 0 Å². The minimum absolute atomic E-state index is 0.576. The lowest BCUT2D eigenvalue weighted by molar-refractivity contribution is 0.761. The van der Waals surface area contributed by atoms with Gasteiger partial charge in [-0.05, 0) is 57.1 Å². The molecule has 0 saturated carbocycles. The SMILES string of the molecule is CC1Cc2c(Br)ccc3ccc4c(Br)ccc1c4c23. The normalized spacial score (nSPS) is 17.5. The Hall–Kier alpha value is -0.860. The first-order valence-electron chi connectivity index (χ1n) is 6.49. The Morgan fingerprint density at radius 2 is 1.63 bits per heavy atom. The topological polar surface area (TPSA) is 0 Å². The minimum atomic E-state index is 0.576. The van der Waals surface area contributed by atoms with E-state index in [1.54, 1.807) is 0 Å². The number of rotatable bonds is 0. The second-order valence-corrected chi connectivity index (χ2v) is 7.06. The predicted octanol–water partition coefficient (Wildman–Crippen LogP) is 6.18. The Morgan fingerprint density at radius 3 is 2.47 bits per heavy atom. The lowest BCUT2D eigenvalue weighted by Gasteiger charge is -2.25. The van der Waals surface area contributed by atoms with Gasteiger partial charge in [-0.3, -0.25) is 0 Å². The van der Waals surface area contributed by atoms with E-state index in [-0.39, 0.29) is 0 Å². The number of benzene rings is 3. The molecule has 0 aromatic heterocycles. The van der Waals surface area contributed by atoms with Gasteiger partial charge in [0.05, 0.1) is 0 Å². The first-order chi connectivity index (χ1) is 9.16. The molecular weight excluding hydrogens is 364 g/mol. The maximum absolute atomic E-state index is 3.73. The highest BCUT2D eigenvalue weighted by molar-refractivity contribution is 9.11. The van der Waals surface area contributed by atoms with Crippen molar-refractivity contribution in [2.45, 2.75) is 19.3 Å². The maximum atomic E-state index is 3.73. The lowest BCUT2D eigenvalue weighted by Crippen LogP contribution is -2.07. The molecule has 0 aliphatic heterocycles. The third-order valence-electron chi connectivity index (χ3n) is 4.23. The predicted molar refractivity (Wildman–Crippen MR) is 89.0 cm³/mol. The summed E-state index contributed by atoms with van der Waals surface area (Å²) in [5.41, 5.74) is 2.94. The van der Waals surface area contributed by atoms with Gasteiger partial charge in [-0.1, -0.05) is 63.0 Å². The van der Waals surface area contributed by atoms with Gasteiger partial charge < -0.3 is 0 Å². The molecule has 1 unspecified atom stereocenters. The Bertz CT molecular complexity index is 834. The third-order valence-corrected chi connectivity index (χ3v) is 5.67. The van der Waals surface area contributed by atoms with Crippen LogP contribution in [0.3, 0.4) is 0 Å².